The Morgan fingerprint density at radius 2 is 1.83 bits per heavy atom. The summed E-state index contributed by atoms with van der Waals surface area (Å²) in [6.07, 6.45) is 1.46. The summed E-state index contributed by atoms with van der Waals surface area (Å²) in [6.45, 7) is 0.628. The molecule has 0 unspecified atom stereocenters. The summed E-state index contributed by atoms with van der Waals surface area (Å²) in [5.74, 6) is 0.212. The van der Waals surface area contributed by atoms with Gasteiger partial charge in [-0.25, -0.2) is 12.7 Å². The predicted molar refractivity (Wildman–Crippen MR) is 48.6 cm³/mol. The maximum Gasteiger partial charge on any atom is 0.213 e. The topological polar surface area (TPSA) is 46.6 Å². The summed E-state index contributed by atoms with van der Waals surface area (Å²) >= 11 is 0. The van der Waals surface area contributed by atoms with Gasteiger partial charge in [0, 0.05) is 27.8 Å². The van der Waals surface area contributed by atoms with Gasteiger partial charge < -0.3 is 4.74 Å². The minimum Gasteiger partial charge on any atom is -0.385 e. The van der Waals surface area contributed by atoms with Crippen molar-refractivity contribution in [2.75, 3.05) is 33.6 Å². The average molecular weight is 195 g/mol. The van der Waals surface area contributed by atoms with Crippen LogP contribution in [-0.2, 0) is 14.8 Å². The van der Waals surface area contributed by atoms with Crippen LogP contribution in [0, 0.1) is 0 Å². The molecule has 12 heavy (non-hydrogen) atoms. The number of sulfonamides is 1. The molecule has 0 aliphatic heterocycles. The van der Waals surface area contributed by atoms with Crippen LogP contribution in [0.5, 0.6) is 0 Å². The lowest BCUT2D eigenvalue weighted by Crippen LogP contribution is -2.25. The SMILES string of the molecule is COCCCCS(=O)(=O)N(C)C. The van der Waals surface area contributed by atoms with Crippen LogP contribution in [0.25, 0.3) is 0 Å². The first kappa shape index (κ1) is 11.9. The zero-order chi connectivity index (χ0) is 9.61. The Morgan fingerprint density at radius 1 is 1.25 bits per heavy atom. The van der Waals surface area contributed by atoms with Gasteiger partial charge in [0.15, 0.2) is 0 Å². The highest BCUT2D eigenvalue weighted by molar-refractivity contribution is 7.89. The molecule has 0 N–H and O–H groups in total. The van der Waals surface area contributed by atoms with Crippen LogP contribution in [0.15, 0.2) is 0 Å². The molecular weight excluding hydrogens is 178 g/mol. The summed E-state index contributed by atoms with van der Waals surface area (Å²) in [5, 5.41) is 0. The van der Waals surface area contributed by atoms with Crippen LogP contribution in [0.2, 0.25) is 0 Å². The number of unbranched alkanes of at least 4 members (excludes halogenated alkanes) is 1. The van der Waals surface area contributed by atoms with Crippen molar-refractivity contribution in [2.45, 2.75) is 12.8 Å². The second-order valence-electron chi connectivity index (χ2n) is 2.80. The number of hydrogen-bond acceptors (Lipinski definition) is 3. The van der Waals surface area contributed by atoms with Gasteiger partial charge in [0.25, 0.3) is 0 Å². The number of hydrogen-bond donors (Lipinski definition) is 0. The molecule has 0 amide bonds. The van der Waals surface area contributed by atoms with Gasteiger partial charge in [0.2, 0.25) is 10.0 Å². The fraction of sp³-hybridized carbons (Fsp3) is 1.00. The van der Waals surface area contributed by atoms with Crippen molar-refractivity contribution in [3.8, 4) is 0 Å². The van der Waals surface area contributed by atoms with Crippen molar-refractivity contribution in [1.29, 1.82) is 0 Å². The molecule has 0 aliphatic rings. The highest BCUT2D eigenvalue weighted by Crippen LogP contribution is 1.99. The highest BCUT2D eigenvalue weighted by Gasteiger charge is 2.11. The van der Waals surface area contributed by atoms with Gasteiger partial charge >= 0.3 is 0 Å². The van der Waals surface area contributed by atoms with Gasteiger partial charge in [-0.15, -0.1) is 0 Å². The molecule has 4 nitrogen and oxygen atoms in total. The van der Waals surface area contributed by atoms with Gasteiger partial charge in [-0.2, -0.15) is 0 Å². The number of rotatable bonds is 6. The molecule has 0 heterocycles. The van der Waals surface area contributed by atoms with Crippen LogP contribution >= 0.6 is 0 Å². The van der Waals surface area contributed by atoms with E-state index in [9.17, 15) is 8.42 Å². The first-order chi connectivity index (χ1) is 5.50. The van der Waals surface area contributed by atoms with Crippen molar-refractivity contribution in [1.82, 2.24) is 4.31 Å². The molecule has 0 saturated heterocycles. The van der Waals surface area contributed by atoms with Crippen LogP contribution in [0.4, 0.5) is 0 Å². The summed E-state index contributed by atoms with van der Waals surface area (Å²) < 4.78 is 28.4. The van der Waals surface area contributed by atoms with Crippen molar-refractivity contribution in [3.05, 3.63) is 0 Å². The summed E-state index contributed by atoms with van der Waals surface area (Å²) in [7, 11) is 1.71. The third-order valence-corrected chi connectivity index (χ3v) is 3.47. The van der Waals surface area contributed by atoms with E-state index in [4.69, 9.17) is 4.74 Å². The minimum atomic E-state index is -3.00. The molecular formula is C7H17NO3S. The maximum atomic E-state index is 11.2. The Hall–Kier alpha value is -0.130. The Morgan fingerprint density at radius 3 is 2.25 bits per heavy atom. The Balaban J connectivity index is 3.63. The van der Waals surface area contributed by atoms with Crippen LogP contribution in [0.3, 0.4) is 0 Å². The van der Waals surface area contributed by atoms with Crippen molar-refractivity contribution >= 4 is 10.0 Å². The van der Waals surface area contributed by atoms with Crippen LogP contribution in [-0.4, -0.2) is 46.3 Å². The molecule has 0 fully saturated rings. The highest BCUT2D eigenvalue weighted by atomic mass is 32.2. The lowest BCUT2D eigenvalue weighted by Gasteiger charge is -2.10. The normalized spacial score (nSPS) is 12.3. The second kappa shape index (κ2) is 5.50. The molecule has 0 aromatic rings. The van der Waals surface area contributed by atoms with Gasteiger partial charge in [0.1, 0.15) is 0 Å². The van der Waals surface area contributed by atoms with E-state index in [2.05, 4.69) is 0 Å². The van der Waals surface area contributed by atoms with E-state index >= 15 is 0 Å². The zero-order valence-electron chi connectivity index (χ0n) is 7.91. The standard InChI is InChI=1S/C7H17NO3S/c1-8(2)12(9,10)7-5-4-6-11-3/h4-7H2,1-3H3. The largest absolute Gasteiger partial charge is 0.385 e. The molecule has 74 valence electrons. The fourth-order valence-electron chi connectivity index (χ4n) is 0.713. The molecule has 5 heteroatoms. The average Bonchev–Trinajstić information content (AvgIpc) is 1.98. The zero-order valence-corrected chi connectivity index (χ0v) is 8.73. The number of nitrogens with zero attached hydrogens (tertiary/aromatic N) is 1. The lowest BCUT2D eigenvalue weighted by atomic mass is 10.4. The van der Waals surface area contributed by atoms with Crippen molar-refractivity contribution in [3.63, 3.8) is 0 Å². The first-order valence-electron chi connectivity index (χ1n) is 3.90. The quantitative estimate of drug-likeness (QED) is 0.573. The van der Waals surface area contributed by atoms with Gasteiger partial charge in [-0.3, -0.25) is 0 Å². The van der Waals surface area contributed by atoms with Crippen LogP contribution in [0.1, 0.15) is 12.8 Å². The third-order valence-electron chi connectivity index (χ3n) is 1.56. The monoisotopic (exact) mass is 195 g/mol. The van der Waals surface area contributed by atoms with E-state index < -0.39 is 10.0 Å². The molecule has 0 radical (unpaired) electrons. The molecule has 0 aromatic heterocycles. The van der Waals surface area contributed by atoms with E-state index in [0.29, 0.717) is 13.0 Å². The lowest BCUT2D eigenvalue weighted by molar-refractivity contribution is 0.194. The molecule has 0 rings (SSSR count). The summed E-state index contributed by atoms with van der Waals surface area (Å²) in [4.78, 5) is 0. The molecule has 0 aliphatic carbocycles. The van der Waals surface area contributed by atoms with E-state index in [1.165, 1.54) is 4.31 Å². The fourth-order valence-corrected chi connectivity index (χ4v) is 1.65. The predicted octanol–water partition coefficient (Wildman–Crippen LogP) is 0.304. The van der Waals surface area contributed by atoms with Gasteiger partial charge in [0.05, 0.1) is 5.75 Å². The molecule has 0 bridgehead atoms. The molecule has 0 atom stereocenters. The van der Waals surface area contributed by atoms with E-state index in [-0.39, 0.29) is 5.75 Å². The Kier molecular flexibility index (Phi) is 5.44. The van der Waals surface area contributed by atoms with Crippen LogP contribution < -0.4 is 0 Å². The molecule has 0 spiro atoms. The summed E-state index contributed by atoms with van der Waals surface area (Å²) in [5.41, 5.74) is 0. The van der Waals surface area contributed by atoms with Gasteiger partial charge in [-0.05, 0) is 12.8 Å². The number of ether oxygens (including phenoxy) is 1. The number of methoxy groups -OCH3 is 1. The smallest absolute Gasteiger partial charge is 0.213 e. The summed E-state index contributed by atoms with van der Waals surface area (Å²) in [6, 6.07) is 0. The maximum absolute atomic E-state index is 11.2. The van der Waals surface area contributed by atoms with Crippen molar-refractivity contribution < 1.29 is 13.2 Å². The Bertz CT molecular complexity index is 199. The van der Waals surface area contributed by atoms with Crippen molar-refractivity contribution in [2.24, 2.45) is 0 Å². The third kappa shape index (κ3) is 4.69. The Labute approximate surface area is 74.6 Å². The van der Waals surface area contributed by atoms with E-state index in [1.54, 1.807) is 21.2 Å². The first-order valence-corrected chi connectivity index (χ1v) is 5.51. The molecule has 0 aromatic carbocycles. The van der Waals surface area contributed by atoms with E-state index in [0.717, 1.165) is 6.42 Å². The van der Waals surface area contributed by atoms with Gasteiger partial charge in [-0.1, -0.05) is 0 Å². The second-order valence-corrected chi connectivity index (χ2v) is 5.10. The van der Waals surface area contributed by atoms with E-state index in [1.807, 2.05) is 0 Å². The minimum absolute atomic E-state index is 0.212. The molecule has 0 saturated carbocycles.